The molecule has 1 aromatic carbocycles. The molecule has 5 aromatic rings. The quantitative estimate of drug-likeness (QED) is 0.385. The normalized spacial score (nSPS) is 16.0. The van der Waals surface area contributed by atoms with Gasteiger partial charge in [0.2, 0.25) is 0 Å². The van der Waals surface area contributed by atoms with Crippen LogP contribution in [0, 0.1) is 0 Å². The number of carboxylic acid groups (broad SMARTS) is 1. The number of pyridine rings is 2. The number of aromatic carboxylic acids is 1. The Hall–Kier alpha value is -4.57. The van der Waals surface area contributed by atoms with Gasteiger partial charge in [-0.05, 0) is 53.9 Å². The second-order valence-electron chi connectivity index (χ2n) is 9.22. The number of benzene rings is 1. The Kier molecular flexibility index (Phi) is 5.65. The van der Waals surface area contributed by atoms with Gasteiger partial charge < -0.3 is 9.67 Å². The molecule has 0 radical (unpaired) electrons. The summed E-state index contributed by atoms with van der Waals surface area (Å²) in [6, 6.07) is 15.5. The van der Waals surface area contributed by atoms with E-state index in [0.717, 1.165) is 35.3 Å². The van der Waals surface area contributed by atoms with Crippen LogP contribution in [0.4, 0.5) is 0 Å². The molecule has 1 N–H and O–H groups in total. The highest BCUT2D eigenvalue weighted by Crippen LogP contribution is 2.27. The van der Waals surface area contributed by atoms with Crippen molar-refractivity contribution in [2.75, 3.05) is 13.1 Å². The van der Waals surface area contributed by atoms with Gasteiger partial charge in [-0.3, -0.25) is 19.0 Å². The Morgan fingerprint density at radius 2 is 1.78 bits per heavy atom. The van der Waals surface area contributed by atoms with E-state index in [1.807, 2.05) is 48.5 Å². The number of carbonyl (C=O) groups is 1. The molecule has 1 atom stereocenters. The summed E-state index contributed by atoms with van der Waals surface area (Å²) in [5.74, 6) is -0.319. The molecule has 37 heavy (non-hydrogen) atoms. The smallest absolute Gasteiger partial charge is 0.354 e. The first-order chi connectivity index (χ1) is 18.0. The SMILES string of the molecule is Cn1c(C(=O)O)cnc1CN1CC[C@H](n2c(=O)n(-c3ccc(-c4ccncc4)cc3)c3cccnc32)C1. The van der Waals surface area contributed by atoms with Crippen LogP contribution in [0.1, 0.15) is 28.8 Å². The number of hydrogen-bond acceptors (Lipinski definition) is 6. The highest BCUT2D eigenvalue weighted by Gasteiger charge is 2.29. The van der Waals surface area contributed by atoms with Gasteiger partial charge in [0, 0.05) is 38.7 Å². The standard InChI is InChI=1S/C27H25N7O3/c1-31-23(26(35)36)15-30-24(31)17-32-14-10-21(16-32)34-25-22(3-2-11-29-25)33(27(34)37)20-6-4-18(5-7-20)19-8-12-28-13-9-19/h2-9,11-13,15,21H,10,14,16-17H2,1H3,(H,35,36)/t21-/m0/s1. The molecule has 10 heteroatoms. The molecular weight excluding hydrogens is 470 g/mol. The third kappa shape index (κ3) is 4.01. The Balaban J connectivity index is 1.31. The van der Waals surface area contributed by atoms with Crippen molar-refractivity contribution in [3.8, 4) is 16.8 Å². The summed E-state index contributed by atoms with van der Waals surface area (Å²) in [6.45, 7) is 1.93. The number of likely N-dealkylation sites (tertiary alicyclic amines) is 1. The third-order valence-corrected chi connectivity index (χ3v) is 7.05. The summed E-state index contributed by atoms with van der Waals surface area (Å²) in [7, 11) is 1.71. The molecule has 1 saturated heterocycles. The molecule has 6 rings (SSSR count). The van der Waals surface area contributed by atoms with Gasteiger partial charge in [0.15, 0.2) is 5.65 Å². The number of hydrogen-bond donors (Lipinski definition) is 1. The van der Waals surface area contributed by atoms with Crippen molar-refractivity contribution in [3.63, 3.8) is 0 Å². The van der Waals surface area contributed by atoms with Crippen LogP contribution in [-0.4, -0.2) is 57.7 Å². The minimum atomic E-state index is -1.00. The van der Waals surface area contributed by atoms with E-state index in [0.29, 0.717) is 24.6 Å². The summed E-state index contributed by atoms with van der Waals surface area (Å²) < 4.78 is 5.12. The van der Waals surface area contributed by atoms with Gasteiger partial charge in [-0.2, -0.15) is 0 Å². The van der Waals surface area contributed by atoms with Crippen LogP contribution in [-0.2, 0) is 13.6 Å². The lowest BCUT2D eigenvalue weighted by atomic mass is 10.1. The average molecular weight is 496 g/mol. The van der Waals surface area contributed by atoms with E-state index in [9.17, 15) is 14.7 Å². The zero-order valence-corrected chi connectivity index (χ0v) is 20.2. The summed E-state index contributed by atoms with van der Waals surface area (Å²) in [5.41, 5.74) is 4.34. The van der Waals surface area contributed by atoms with Crippen molar-refractivity contribution in [1.82, 2.24) is 33.6 Å². The Bertz CT molecular complexity index is 1650. The minimum Gasteiger partial charge on any atom is -0.477 e. The van der Waals surface area contributed by atoms with Crippen molar-refractivity contribution in [3.05, 3.63) is 95.3 Å². The first-order valence-electron chi connectivity index (χ1n) is 12.1. The van der Waals surface area contributed by atoms with Crippen molar-refractivity contribution in [2.45, 2.75) is 19.0 Å². The van der Waals surface area contributed by atoms with E-state index in [1.165, 1.54) is 6.20 Å². The summed E-state index contributed by atoms with van der Waals surface area (Å²) in [6.07, 6.45) is 7.40. The van der Waals surface area contributed by atoms with Crippen molar-refractivity contribution in [1.29, 1.82) is 0 Å². The van der Waals surface area contributed by atoms with Crippen LogP contribution in [0.2, 0.25) is 0 Å². The second kappa shape index (κ2) is 9.14. The molecule has 0 amide bonds. The van der Waals surface area contributed by atoms with Gasteiger partial charge >= 0.3 is 11.7 Å². The van der Waals surface area contributed by atoms with Gasteiger partial charge in [0.25, 0.3) is 0 Å². The van der Waals surface area contributed by atoms with E-state index in [1.54, 1.807) is 39.3 Å². The molecule has 10 nitrogen and oxygen atoms in total. The van der Waals surface area contributed by atoms with Crippen molar-refractivity contribution >= 4 is 17.1 Å². The van der Waals surface area contributed by atoms with Gasteiger partial charge in [-0.25, -0.2) is 19.6 Å². The molecule has 186 valence electrons. The Labute approximate surface area is 212 Å². The fraction of sp³-hybridized carbons (Fsp3) is 0.222. The fourth-order valence-electron chi connectivity index (χ4n) is 5.14. The molecule has 0 aliphatic carbocycles. The number of carboxylic acids is 1. The van der Waals surface area contributed by atoms with Crippen LogP contribution >= 0.6 is 0 Å². The molecule has 0 bridgehead atoms. The number of aromatic nitrogens is 6. The first kappa shape index (κ1) is 22.9. The number of rotatable bonds is 6. The lowest BCUT2D eigenvalue weighted by Crippen LogP contribution is -2.29. The van der Waals surface area contributed by atoms with Gasteiger partial charge in [-0.1, -0.05) is 12.1 Å². The number of fused-ring (bicyclic) bond motifs is 1. The van der Waals surface area contributed by atoms with E-state index in [2.05, 4.69) is 19.9 Å². The number of nitrogens with zero attached hydrogens (tertiary/aromatic N) is 7. The maximum atomic E-state index is 13.8. The van der Waals surface area contributed by atoms with Crippen LogP contribution in [0.25, 0.3) is 28.0 Å². The highest BCUT2D eigenvalue weighted by atomic mass is 16.4. The predicted octanol–water partition coefficient (Wildman–Crippen LogP) is 3.13. The van der Waals surface area contributed by atoms with Crippen molar-refractivity contribution < 1.29 is 9.90 Å². The molecule has 1 aliphatic rings. The Morgan fingerprint density at radius 1 is 1.03 bits per heavy atom. The van der Waals surface area contributed by atoms with E-state index in [4.69, 9.17) is 0 Å². The molecule has 0 saturated carbocycles. The maximum Gasteiger partial charge on any atom is 0.354 e. The van der Waals surface area contributed by atoms with E-state index in [-0.39, 0.29) is 17.4 Å². The zero-order valence-electron chi connectivity index (χ0n) is 20.2. The third-order valence-electron chi connectivity index (χ3n) is 7.05. The average Bonchev–Trinajstić information content (AvgIpc) is 3.60. The topological polar surface area (TPSA) is 111 Å². The van der Waals surface area contributed by atoms with Crippen LogP contribution in [0.15, 0.2) is 78.1 Å². The highest BCUT2D eigenvalue weighted by molar-refractivity contribution is 5.85. The Morgan fingerprint density at radius 3 is 2.51 bits per heavy atom. The lowest BCUT2D eigenvalue weighted by molar-refractivity contribution is 0.0686. The van der Waals surface area contributed by atoms with E-state index < -0.39 is 5.97 Å². The molecule has 4 aromatic heterocycles. The molecule has 0 spiro atoms. The molecule has 0 unspecified atom stereocenters. The van der Waals surface area contributed by atoms with Crippen LogP contribution < -0.4 is 5.69 Å². The summed E-state index contributed by atoms with van der Waals surface area (Å²) in [5, 5.41) is 9.31. The number of imidazole rings is 2. The molecular formula is C27H25N7O3. The van der Waals surface area contributed by atoms with Gasteiger partial charge in [0.05, 0.1) is 30.0 Å². The molecule has 1 fully saturated rings. The maximum absolute atomic E-state index is 13.8. The van der Waals surface area contributed by atoms with Crippen LogP contribution in [0.5, 0.6) is 0 Å². The van der Waals surface area contributed by atoms with Gasteiger partial charge in [0.1, 0.15) is 11.5 Å². The summed E-state index contributed by atoms with van der Waals surface area (Å²) >= 11 is 0. The second-order valence-corrected chi connectivity index (χ2v) is 9.22. The molecule has 1 aliphatic heterocycles. The lowest BCUT2D eigenvalue weighted by Gasteiger charge is -2.16. The van der Waals surface area contributed by atoms with E-state index >= 15 is 0 Å². The minimum absolute atomic E-state index is 0.0542. The first-order valence-corrected chi connectivity index (χ1v) is 12.1. The summed E-state index contributed by atoms with van der Waals surface area (Å²) in [4.78, 5) is 40.3. The predicted molar refractivity (Wildman–Crippen MR) is 138 cm³/mol. The zero-order chi connectivity index (χ0) is 25.5. The monoisotopic (exact) mass is 495 g/mol. The fourth-order valence-corrected chi connectivity index (χ4v) is 5.14. The van der Waals surface area contributed by atoms with Gasteiger partial charge in [-0.15, -0.1) is 0 Å². The van der Waals surface area contributed by atoms with Crippen LogP contribution in [0.3, 0.4) is 0 Å². The molecule has 5 heterocycles. The van der Waals surface area contributed by atoms with Crippen molar-refractivity contribution in [2.24, 2.45) is 7.05 Å². The largest absolute Gasteiger partial charge is 0.477 e.